The molecule has 1 heterocycles. The van der Waals surface area contributed by atoms with E-state index < -0.39 is 0 Å². The zero-order valence-corrected chi connectivity index (χ0v) is 14.1. The highest BCUT2D eigenvalue weighted by Crippen LogP contribution is 2.34. The first kappa shape index (κ1) is 15.9. The molecule has 0 saturated carbocycles. The highest BCUT2D eigenvalue weighted by atomic mass is 16.5. The van der Waals surface area contributed by atoms with Gasteiger partial charge in [-0.25, -0.2) is 4.68 Å². The molecule has 6 nitrogen and oxygen atoms in total. The molecule has 3 rings (SSSR count). The maximum atomic E-state index is 10.3. The van der Waals surface area contributed by atoms with Gasteiger partial charge in [-0.15, -0.1) is 5.10 Å². The largest absolute Gasteiger partial charge is 0.507 e. The fraction of sp³-hybridized carbons (Fsp3) is 0.222. The zero-order chi connectivity index (χ0) is 17.3. The van der Waals surface area contributed by atoms with Crippen molar-refractivity contribution in [2.45, 2.75) is 13.8 Å². The Morgan fingerprint density at radius 1 is 1.04 bits per heavy atom. The molecular formula is C18H19N3O3. The first-order valence-corrected chi connectivity index (χ1v) is 7.49. The lowest BCUT2D eigenvalue weighted by atomic mass is 10.1. The number of rotatable bonds is 4. The molecule has 0 unspecified atom stereocenters. The summed E-state index contributed by atoms with van der Waals surface area (Å²) in [6, 6.07) is 9.04. The first-order chi connectivity index (χ1) is 11.5. The monoisotopic (exact) mass is 325 g/mol. The Bertz CT molecular complexity index is 887. The van der Waals surface area contributed by atoms with Crippen molar-refractivity contribution < 1.29 is 14.6 Å². The van der Waals surface area contributed by atoms with Crippen LogP contribution in [-0.2, 0) is 0 Å². The molecule has 1 N–H and O–H groups in total. The second-order valence-electron chi connectivity index (χ2n) is 5.50. The van der Waals surface area contributed by atoms with E-state index in [4.69, 9.17) is 9.47 Å². The molecule has 3 aromatic rings. The average Bonchev–Trinajstić information content (AvgIpc) is 3.06. The molecule has 0 aliphatic carbocycles. The Morgan fingerprint density at radius 2 is 1.83 bits per heavy atom. The predicted octanol–water partition coefficient (Wildman–Crippen LogP) is 3.27. The standard InChI is InChI=1S/C18H19N3O3/c1-11-7-13(8-18(24-4)12(11)2)21-16(10-19-20-21)15-6-5-14(23-3)9-17(15)22/h5-10,22H,1-4H3. The molecule has 0 spiro atoms. The Hall–Kier alpha value is -3.02. The van der Waals surface area contributed by atoms with Gasteiger partial charge in [0, 0.05) is 17.7 Å². The summed E-state index contributed by atoms with van der Waals surface area (Å²) < 4.78 is 12.2. The van der Waals surface area contributed by atoms with Gasteiger partial charge in [0.05, 0.1) is 31.8 Å². The molecule has 0 atom stereocenters. The summed E-state index contributed by atoms with van der Waals surface area (Å²) in [7, 11) is 3.20. The predicted molar refractivity (Wildman–Crippen MR) is 91.0 cm³/mol. The van der Waals surface area contributed by atoms with Crippen molar-refractivity contribution in [1.29, 1.82) is 0 Å². The van der Waals surface area contributed by atoms with Crippen molar-refractivity contribution in [3.63, 3.8) is 0 Å². The van der Waals surface area contributed by atoms with Crippen LogP contribution < -0.4 is 9.47 Å². The topological polar surface area (TPSA) is 69.4 Å². The summed E-state index contributed by atoms with van der Waals surface area (Å²) in [5, 5.41) is 18.4. The lowest BCUT2D eigenvalue weighted by molar-refractivity contribution is 0.408. The van der Waals surface area contributed by atoms with Gasteiger partial charge in [0.15, 0.2) is 0 Å². The third-order valence-corrected chi connectivity index (χ3v) is 4.10. The Balaban J connectivity index is 2.14. The van der Waals surface area contributed by atoms with E-state index in [1.165, 1.54) is 0 Å². The van der Waals surface area contributed by atoms with Gasteiger partial charge in [-0.1, -0.05) is 5.21 Å². The molecule has 1 aromatic heterocycles. The first-order valence-electron chi connectivity index (χ1n) is 7.49. The lowest BCUT2D eigenvalue weighted by Gasteiger charge is -2.13. The van der Waals surface area contributed by atoms with Crippen LogP contribution in [0.15, 0.2) is 36.5 Å². The van der Waals surface area contributed by atoms with E-state index in [0.717, 1.165) is 22.6 Å². The van der Waals surface area contributed by atoms with Gasteiger partial charge in [0.2, 0.25) is 0 Å². The number of benzene rings is 2. The molecule has 0 fully saturated rings. The molecule has 0 bridgehead atoms. The molecule has 0 radical (unpaired) electrons. The summed E-state index contributed by atoms with van der Waals surface area (Å²) >= 11 is 0. The SMILES string of the molecule is COc1ccc(-c2cnnn2-c2cc(C)c(C)c(OC)c2)c(O)c1. The summed E-state index contributed by atoms with van der Waals surface area (Å²) in [6.07, 6.45) is 1.61. The summed E-state index contributed by atoms with van der Waals surface area (Å²) in [6.45, 7) is 4.03. The van der Waals surface area contributed by atoms with Crippen molar-refractivity contribution in [1.82, 2.24) is 15.0 Å². The van der Waals surface area contributed by atoms with Crippen LogP contribution in [0.4, 0.5) is 0 Å². The highest BCUT2D eigenvalue weighted by Gasteiger charge is 2.15. The van der Waals surface area contributed by atoms with E-state index in [-0.39, 0.29) is 5.75 Å². The van der Waals surface area contributed by atoms with Crippen LogP contribution in [-0.4, -0.2) is 34.3 Å². The van der Waals surface area contributed by atoms with Crippen LogP contribution >= 0.6 is 0 Å². The molecule has 6 heteroatoms. The molecule has 0 aliphatic heterocycles. The second-order valence-corrected chi connectivity index (χ2v) is 5.50. The van der Waals surface area contributed by atoms with Gasteiger partial charge in [-0.05, 0) is 43.2 Å². The van der Waals surface area contributed by atoms with Crippen molar-refractivity contribution in [2.24, 2.45) is 0 Å². The van der Waals surface area contributed by atoms with Crippen molar-refractivity contribution >= 4 is 0 Å². The van der Waals surface area contributed by atoms with Crippen molar-refractivity contribution in [3.05, 3.63) is 47.7 Å². The van der Waals surface area contributed by atoms with Gasteiger partial charge in [0.25, 0.3) is 0 Å². The van der Waals surface area contributed by atoms with E-state index in [0.29, 0.717) is 17.0 Å². The van der Waals surface area contributed by atoms with Gasteiger partial charge >= 0.3 is 0 Å². The van der Waals surface area contributed by atoms with E-state index in [1.807, 2.05) is 26.0 Å². The Morgan fingerprint density at radius 3 is 2.50 bits per heavy atom. The van der Waals surface area contributed by atoms with Crippen LogP contribution in [0.5, 0.6) is 17.2 Å². The Kier molecular flexibility index (Phi) is 4.12. The van der Waals surface area contributed by atoms with E-state index >= 15 is 0 Å². The van der Waals surface area contributed by atoms with E-state index in [9.17, 15) is 5.11 Å². The zero-order valence-electron chi connectivity index (χ0n) is 14.1. The molecular weight excluding hydrogens is 306 g/mol. The number of aromatic hydroxyl groups is 1. The number of aromatic nitrogens is 3. The fourth-order valence-electron chi connectivity index (χ4n) is 2.61. The lowest BCUT2D eigenvalue weighted by Crippen LogP contribution is -2.02. The quantitative estimate of drug-likeness (QED) is 0.797. The van der Waals surface area contributed by atoms with Crippen LogP contribution in [0.1, 0.15) is 11.1 Å². The van der Waals surface area contributed by atoms with Crippen LogP contribution in [0.3, 0.4) is 0 Å². The maximum Gasteiger partial charge on any atom is 0.128 e. The number of phenolic OH excluding ortho intramolecular Hbond substituents is 1. The number of ether oxygens (including phenoxy) is 2. The number of hydrogen-bond donors (Lipinski definition) is 1. The van der Waals surface area contributed by atoms with Crippen molar-refractivity contribution in [3.8, 4) is 34.2 Å². The number of aryl methyl sites for hydroxylation is 1. The molecule has 2 aromatic carbocycles. The van der Waals surface area contributed by atoms with Crippen LogP contribution in [0, 0.1) is 13.8 Å². The van der Waals surface area contributed by atoms with Crippen molar-refractivity contribution in [2.75, 3.05) is 14.2 Å². The van der Waals surface area contributed by atoms with Gasteiger partial charge in [-0.2, -0.15) is 0 Å². The molecule has 0 aliphatic rings. The Labute approximate surface area is 140 Å². The van der Waals surface area contributed by atoms with Gasteiger partial charge in [0.1, 0.15) is 17.2 Å². The average molecular weight is 325 g/mol. The van der Waals surface area contributed by atoms with E-state index in [1.54, 1.807) is 43.3 Å². The number of phenols is 1. The normalized spacial score (nSPS) is 10.7. The van der Waals surface area contributed by atoms with Gasteiger partial charge in [-0.3, -0.25) is 0 Å². The molecule has 0 amide bonds. The highest BCUT2D eigenvalue weighted by molar-refractivity contribution is 5.69. The summed E-state index contributed by atoms with van der Waals surface area (Å²) in [5.74, 6) is 1.47. The maximum absolute atomic E-state index is 10.3. The second kappa shape index (κ2) is 6.23. The van der Waals surface area contributed by atoms with Crippen LogP contribution in [0.25, 0.3) is 16.9 Å². The third kappa shape index (κ3) is 2.67. The molecule has 124 valence electrons. The smallest absolute Gasteiger partial charge is 0.128 e. The number of nitrogens with zero attached hydrogens (tertiary/aromatic N) is 3. The van der Waals surface area contributed by atoms with E-state index in [2.05, 4.69) is 10.3 Å². The summed E-state index contributed by atoms with van der Waals surface area (Å²) in [5.41, 5.74) is 4.29. The number of methoxy groups -OCH3 is 2. The third-order valence-electron chi connectivity index (χ3n) is 4.10. The molecule has 0 saturated heterocycles. The number of hydrogen-bond acceptors (Lipinski definition) is 5. The van der Waals surface area contributed by atoms with Gasteiger partial charge < -0.3 is 14.6 Å². The summed E-state index contributed by atoms with van der Waals surface area (Å²) in [4.78, 5) is 0. The minimum Gasteiger partial charge on any atom is -0.507 e. The van der Waals surface area contributed by atoms with Crippen LogP contribution in [0.2, 0.25) is 0 Å². The minimum absolute atomic E-state index is 0.105. The fourth-order valence-corrected chi connectivity index (χ4v) is 2.61. The molecule has 24 heavy (non-hydrogen) atoms. The minimum atomic E-state index is 0.105.